The number of aromatic nitrogens is 2. The van der Waals surface area contributed by atoms with Gasteiger partial charge in [-0.2, -0.15) is 4.98 Å². The van der Waals surface area contributed by atoms with Crippen molar-refractivity contribution in [3.63, 3.8) is 0 Å². The molecule has 0 saturated carbocycles. The van der Waals surface area contributed by atoms with Gasteiger partial charge < -0.3 is 10.3 Å². The van der Waals surface area contributed by atoms with Gasteiger partial charge in [0.05, 0.1) is 6.04 Å². The maximum absolute atomic E-state index is 11.0. The summed E-state index contributed by atoms with van der Waals surface area (Å²) in [5.41, 5.74) is 5.88. The van der Waals surface area contributed by atoms with Crippen LogP contribution in [0.25, 0.3) is 0 Å². The predicted octanol–water partition coefficient (Wildman–Crippen LogP) is 0.660. The summed E-state index contributed by atoms with van der Waals surface area (Å²) in [6.45, 7) is 3.99. The lowest BCUT2D eigenvalue weighted by atomic mass is 10.0. The molecule has 0 aromatic carbocycles. The van der Waals surface area contributed by atoms with Gasteiger partial charge in [0, 0.05) is 6.26 Å². The fourth-order valence-electron chi connectivity index (χ4n) is 1.19. The molecule has 2 unspecified atom stereocenters. The predicted molar refractivity (Wildman–Crippen MR) is 59.2 cm³/mol. The Kier molecular flexibility index (Phi) is 4.03. The molecule has 1 aromatic rings. The Bertz CT molecular complexity index is 441. The van der Waals surface area contributed by atoms with E-state index in [9.17, 15) is 8.42 Å². The van der Waals surface area contributed by atoms with Crippen molar-refractivity contribution in [2.24, 2.45) is 11.7 Å². The highest BCUT2D eigenvalue weighted by atomic mass is 32.2. The highest BCUT2D eigenvalue weighted by molar-refractivity contribution is 7.89. The normalized spacial score (nSPS) is 16.0. The minimum Gasteiger partial charge on any atom is -0.338 e. The second-order valence-corrected chi connectivity index (χ2v) is 6.17. The summed E-state index contributed by atoms with van der Waals surface area (Å²) in [4.78, 5) is 3.98. The molecule has 2 atom stereocenters. The molecule has 7 heteroatoms. The quantitative estimate of drug-likeness (QED) is 0.820. The first kappa shape index (κ1) is 13.1. The largest absolute Gasteiger partial charge is 0.338 e. The summed E-state index contributed by atoms with van der Waals surface area (Å²) in [6, 6.07) is -0.342. The third-order valence-corrected chi connectivity index (χ3v) is 3.20. The van der Waals surface area contributed by atoms with E-state index >= 15 is 0 Å². The number of sulfone groups is 1. The van der Waals surface area contributed by atoms with Gasteiger partial charge in [-0.05, 0) is 5.92 Å². The van der Waals surface area contributed by atoms with E-state index in [-0.39, 0.29) is 23.5 Å². The van der Waals surface area contributed by atoms with Crippen LogP contribution < -0.4 is 5.73 Å². The molecule has 2 N–H and O–H groups in total. The lowest BCUT2D eigenvalue weighted by molar-refractivity contribution is 0.311. The molecule has 1 heterocycles. The second kappa shape index (κ2) is 4.92. The van der Waals surface area contributed by atoms with Gasteiger partial charge >= 0.3 is 0 Å². The Balaban J connectivity index is 2.79. The van der Waals surface area contributed by atoms with Gasteiger partial charge in [-0.15, -0.1) is 0 Å². The minimum absolute atomic E-state index is 0.163. The minimum atomic E-state index is -3.14. The summed E-state index contributed by atoms with van der Waals surface area (Å²) in [5.74, 6) is 0.458. The van der Waals surface area contributed by atoms with Crippen molar-refractivity contribution in [1.29, 1.82) is 0 Å². The molecule has 1 rings (SSSR count). The van der Waals surface area contributed by atoms with E-state index in [1.165, 1.54) is 0 Å². The molecule has 6 nitrogen and oxygen atoms in total. The van der Waals surface area contributed by atoms with Crippen molar-refractivity contribution < 1.29 is 12.9 Å². The highest BCUT2D eigenvalue weighted by Crippen LogP contribution is 2.20. The van der Waals surface area contributed by atoms with Gasteiger partial charge in [-0.25, -0.2) is 8.42 Å². The summed E-state index contributed by atoms with van der Waals surface area (Å²) in [5, 5.41) is 3.59. The first-order chi connectivity index (χ1) is 7.33. The molecule has 0 saturated heterocycles. The Hall–Kier alpha value is -0.950. The average Bonchev–Trinajstić information content (AvgIpc) is 2.61. The second-order valence-electron chi connectivity index (χ2n) is 4.03. The third-order valence-electron chi connectivity index (χ3n) is 2.42. The molecule has 0 fully saturated rings. The van der Waals surface area contributed by atoms with Crippen molar-refractivity contribution >= 4 is 9.84 Å². The zero-order valence-corrected chi connectivity index (χ0v) is 10.5. The Morgan fingerprint density at radius 2 is 2.12 bits per heavy atom. The molecule has 0 spiro atoms. The van der Waals surface area contributed by atoms with Crippen molar-refractivity contribution in [2.75, 3.05) is 6.26 Å². The summed E-state index contributed by atoms with van der Waals surface area (Å²) < 4.78 is 27.0. The Morgan fingerprint density at radius 3 is 2.62 bits per heavy atom. The average molecular weight is 247 g/mol. The number of hydrogen-bond acceptors (Lipinski definition) is 6. The van der Waals surface area contributed by atoms with E-state index < -0.39 is 9.84 Å². The SMILES string of the molecule is CCC(C)C(N)c1nc(CS(C)(=O)=O)no1. The van der Waals surface area contributed by atoms with Crippen LogP contribution in [-0.2, 0) is 15.6 Å². The molecule has 0 bridgehead atoms. The van der Waals surface area contributed by atoms with Gasteiger partial charge in [0.15, 0.2) is 15.7 Å². The van der Waals surface area contributed by atoms with E-state index in [4.69, 9.17) is 10.3 Å². The van der Waals surface area contributed by atoms with Crippen molar-refractivity contribution in [3.05, 3.63) is 11.7 Å². The third kappa shape index (κ3) is 3.57. The highest BCUT2D eigenvalue weighted by Gasteiger charge is 2.21. The van der Waals surface area contributed by atoms with E-state index in [1.54, 1.807) is 0 Å². The molecule has 0 aliphatic carbocycles. The van der Waals surface area contributed by atoms with Crippen LogP contribution in [0.4, 0.5) is 0 Å². The molecule has 16 heavy (non-hydrogen) atoms. The van der Waals surface area contributed by atoms with Gasteiger partial charge in [-0.3, -0.25) is 0 Å². The summed E-state index contributed by atoms with van der Waals surface area (Å²) >= 11 is 0. The van der Waals surface area contributed by atoms with Gasteiger partial charge in [0.2, 0.25) is 5.89 Å². The van der Waals surface area contributed by atoms with E-state index in [1.807, 2.05) is 13.8 Å². The zero-order chi connectivity index (χ0) is 12.3. The number of nitrogens with zero attached hydrogens (tertiary/aromatic N) is 2. The first-order valence-corrected chi connectivity index (χ1v) is 7.15. The molecular formula is C9H17N3O3S. The molecule has 92 valence electrons. The number of nitrogens with two attached hydrogens (primary N) is 1. The van der Waals surface area contributed by atoms with Crippen LogP contribution in [0.1, 0.15) is 38.0 Å². The number of rotatable bonds is 5. The summed E-state index contributed by atoms with van der Waals surface area (Å²) in [7, 11) is -3.14. The van der Waals surface area contributed by atoms with Crippen LogP contribution >= 0.6 is 0 Å². The monoisotopic (exact) mass is 247 g/mol. The fourth-order valence-corrected chi connectivity index (χ4v) is 1.78. The van der Waals surface area contributed by atoms with Crippen molar-refractivity contribution in [2.45, 2.75) is 32.1 Å². The van der Waals surface area contributed by atoms with Crippen LogP contribution in [0.5, 0.6) is 0 Å². The van der Waals surface area contributed by atoms with Crippen LogP contribution in [0.2, 0.25) is 0 Å². The Morgan fingerprint density at radius 1 is 1.50 bits per heavy atom. The fraction of sp³-hybridized carbons (Fsp3) is 0.778. The molecule has 0 aliphatic heterocycles. The maximum Gasteiger partial charge on any atom is 0.243 e. The molecule has 1 aromatic heterocycles. The standard InChI is InChI=1S/C9H17N3O3S/c1-4-6(2)8(10)9-11-7(12-15-9)5-16(3,13)14/h6,8H,4-5,10H2,1-3H3. The lowest BCUT2D eigenvalue weighted by Gasteiger charge is -2.12. The van der Waals surface area contributed by atoms with Crippen LogP contribution in [0.15, 0.2) is 4.52 Å². The molecule has 0 amide bonds. The molecule has 0 radical (unpaired) electrons. The first-order valence-electron chi connectivity index (χ1n) is 5.09. The van der Waals surface area contributed by atoms with Crippen LogP contribution in [-0.4, -0.2) is 24.8 Å². The topological polar surface area (TPSA) is 99.1 Å². The van der Waals surface area contributed by atoms with Crippen molar-refractivity contribution in [1.82, 2.24) is 10.1 Å². The zero-order valence-electron chi connectivity index (χ0n) is 9.67. The number of hydrogen-bond donors (Lipinski definition) is 1. The van der Waals surface area contributed by atoms with E-state index in [2.05, 4.69) is 10.1 Å². The van der Waals surface area contributed by atoms with Crippen molar-refractivity contribution in [3.8, 4) is 0 Å². The van der Waals surface area contributed by atoms with Gasteiger partial charge in [-0.1, -0.05) is 25.4 Å². The smallest absolute Gasteiger partial charge is 0.243 e. The van der Waals surface area contributed by atoms with E-state index in [0.29, 0.717) is 5.89 Å². The maximum atomic E-state index is 11.0. The van der Waals surface area contributed by atoms with Gasteiger partial charge in [0.1, 0.15) is 5.75 Å². The Labute approximate surface area is 95.1 Å². The lowest BCUT2D eigenvalue weighted by Crippen LogP contribution is -2.19. The van der Waals surface area contributed by atoms with Crippen LogP contribution in [0, 0.1) is 5.92 Å². The van der Waals surface area contributed by atoms with Gasteiger partial charge in [0.25, 0.3) is 0 Å². The summed E-state index contributed by atoms with van der Waals surface area (Å²) in [6.07, 6.45) is 2.02. The molecule has 0 aliphatic rings. The molecular weight excluding hydrogens is 230 g/mol. The van der Waals surface area contributed by atoms with Crippen LogP contribution in [0.3, 0.4) is 0 Å². The van der Waals surface area contributed by atoms with E-state index in [0.717, 1.165) is 12.7 Å².